The van der Waals surface area contributed by atoms with E-state index in [9.17, 15) is 9.59 Å². The molecule has 5 aliphatic rings. The van der Waals surface area contributed by atoms with Gasteiger partial charge in [-0.2, -0.15) is 10.2 Å². The molecule has 0 N–H and O–H groups in total. The molecule has 2 aliphatic carbocycles. The van der Waals surface area contributed by atoms with Crippen LogP contribution >= 0.6 is 38.6 Å². The van der Waals surface area contributed by atoms with Crippen LogP contribution in [-0.2, 0) is 41.3 Å². The van der Waals surface area contributed by atoms with Crippen LogP contribution in [0.5, 0.6) is 0 Å². The van der Waals surface area contributed by atoms with Gasteiger partial charge in [-0.3, -0.25) is 38.9 Å². The van der Waals surface area contributed by atoms with Gasteiger partial charge in [-0.15, -0.1) is 20.4 Å². The third-order valence-corrected chi connectivity index (χ3v) is 26.7. The summed E-state index contributed by atoms with van der Waals surface area (Å²) < 4.78 is 40.4. The maximum atomic E-state index is 12.4. The minimum atomic E-state index is -1.22. The molecule has 2 amide bonds. The number of anilines is 4. The second-order valence-corrected chi connectivity index (χ2v) is 49.2. The average molecular weight is 1650 g/mol. The van der Waals surface area contributed by atoms with E-state index in [1.165, 1.54) is 51.4 Å². The first-order valence-electron chi connectivity index (χ1n) is 39.5. The Morgan fingerprint density at radius 3 is 1.45 bits per heavy atom. The van der Waals surface area contributed by atoms with Crippen molar-refractivity contribution in [3.63, 3.8) is 0 Å². The lowest BCUT2D eigenvalue weighted by molar-refractivity contribution is 0.00578. The molecule has 598 valence electrons. The van der Waals surface area contributed by atoms with Gasteiger partial charge in [0.1, 0.15) is 46.3 Å². The molecular weight excluding hydrogens is 1530 g/mol. The normalized spacial score (nSPS) is 17.6. The highest BCUT2D eigenvalue weighted by molar-refractivity contribution is 9.10. The highest BCUT2D eigenvalue weighted by Gasteiger charge is 2.52. The number of ether oxygens (including phenoxy) is 4. The molecule has 110 heavy (non-hydrogen) atoms. The minimum absolute atomic E-state index is 0.214. The van der Waals surface area contributed by atoms with E-state index in [2.05, 4.69) is 145 Å². The number of aromatic nitrogens is 12. The van der Waals surface area contributed by atoms with E-state index in [-0.39, 0.29) is 30.5 Å². The van der Waals surface area contributed by atoms with Crippen LogP contribution < -0.4 is 15.3 Å². The number of amides is 2. The van der Waals surface area contributed by atoms with Gasteiger partial charge in [0.25, 0.3) is 0 Å². The van der Waals surface area contributed by atoms with Gasteiger partial charge in [-0.25, -0.2) is 19.6 Å². The third kappa shape index (κ3) is 24.5. The molecule has 13 rings (SSSR count). The van der Waals surface area contributed by atoms with E-state index in [0.29, 0.717) is 58.1 Å². The molecule has 0 radical (unpaired) electrons. The van der Waals surface area contributed by atoms with Crippen LogP contribution in [0.3, 0.4) is 0 Å². The molecule has 5 fully saturated rings. The van der Waals surface area contributed by atoms with Crippen LogP contribution in [0.2, 0.25) is 51.4 Å². The lowest BCUT2D eigenvalue weighted by Crippen LogP contribution is -2.50. The summed E-state index contributed by atoms with van der Waals surface area (Å²) in [7, 11) is -2.73. The monoisotopic (exact) mass is 1640 g/mol. The number of hydrogen-bond acceptors (Lipinski definition) is 24. The van der Waals surface area contributed by atoms with E-state index in [1.807, 2.05) is 111 Å². The number of rotatable bonds is 26. The molecule has 0 bridgehead atoms. The number of carbonyl (C=O) groups is 2. The zero-order valence-corrected chi connectivity index (χ0v) is 73.2. The first-order chi connectivity index (χ1) is 52.1. The molecule has 0 unspecified atom stereocenters. The zero-order chi connectivity index (χ0) is 78.6. The lowest BCUT2D eigenvalue weighted by atomic mass is 9.82. The molecular formula is C78H118BBrN18O8S2Si2. The van der Waals surface area contributed by atoms with Crippen molar-refractivity contribution in [2.24, 2.45) is 0 Å². The highest BCUT2D eigenvalue weighted by Crippen LogP contribution is 2.41. The molecule has 0 spiro atoms. The molecule has 8 aromatic heterocycles. The fourth-order valence-corrected chi connectivity index (χ4v) is 17.2. The molecule has 3 saturated heterocycles. The molecule has 11 heterocycles. The van der Waals surface area contributed by atoms with Crippen molar-refractivity contribution < 1.29 is 37.8 Å². The Morgan fingerprint density at radius 2 is 0.991 bits per heavy atom. The van der Waals surface area contributed by atoms with Crippen molar-refractivity contribution in [2.45, 2.75) is 232 Å². The number of hydrogen-bond donors (Lipinski definition) is 0. The second kappa shape index (κ2) is 37.2. The minimum Gasteiger partial charge on any atom is -0.444 e. The summed E-state index contributed by atoms with van der Waals surface area (Å²) in [5.74, 6) is 2.65. The Kier molecular flexibility index (Phi) is 28.6. The number of aryl methyl sites for hydroxylation is 2. The Hall–Kier alpha value is -6.46. The number of nitrogens with zero attached hydrogens (tertiary/aromatic N) is 18. The predicted molar refractivity (Wildman–Crippen MR) is 448 cm³/mol. The van der Waals surface area contributed by atoms with Crippen LogP contribution in [-0.4, -0.2) is 229 Å². The Bertz CT molecular complexity index is 4270. The molecule has 26 nitrogen and oxygen atoms in total. The molecule has 2 saturated carbocycles. The number of halogens is 1. The molecule has 0 atom stereocenters. The maximum absolute atomic E-state index is 12.4. The number of pyridine rings is 4. The van der Waals surface area contributed by atoms with Crippen LogP contribution in [0.4, 0.5) is 31.5 Å². The SMILES string of the molecule is CC(C)(C)OC(=O)N1CCN(CCCn2cc(-c3cnc4ccc(N(COCC[Si](C)(C)C)c5nnc(C6CCCC6)s5)nc4c3)cn2)CC1.CC(C)(C)OC(=O)N1CCN(CCCn2cc(B3OC(C)(C)C(C)(C)O3)cn2)CC1.C[Si](C)(C)CCOCN(c1ccc2ncc(Br)cc2n1)c1nnc(C2CCCC2)s1. The summed E-state index contributed by atoms with van der Waals surface area (Å²) in [5.41, 5.74) is 4.68. The molecule has 8 aromatic rings. The second-order valence-electron chi connectivity index (χ2n) is 35.1. The number of carbonyl (C=O) groups excluding carboxylic acids is 2. The van der Waals surface area contributed by atoms with Gasteiger partial charge in [0.05, 0.1) is 39.5 Å². The molecule has 3 aliphatic heterocycles. The van der Waals surface area contributed by atoms with Gasteiger partial charge in [0, 0.05) is 172 Å². The lowest BCUT2D eigenvalue weighted by Gasteiger charge is -2.35. The van der Waals surface area contributed by atoms with Gasteiger partial charge in [-0.05, 0) is 172 Å². The van der Waals surface area contributed by atoms with Gasteiger partial charge >= 0.3 is 19.3 Å². The van der Waals surface area contributed by atoms with Crippen molar-refractivity contribution in [1.29, 1.82) is 0 Å². The summed E-state index contributed by atoms with van der Waals surface area (Å²) in [6.07, 6.45) is 23.0. The van der Waals surface area contributed by atoms with Crippen LogP contribution in [0.25, 0.3) is 33.2 Å². The largest absolute Gasteiger partial charge is 0.498 e. The topological polar surface area (TPSA) is 248 Å². The van der Waals surface area contributed by atoms with Crippen LogP contribution in [0.1, 0.15) is 155 Å². The summed E-state index contributed by atoms with van der Waals surface area (Å²) in [5, 5.41) is 31.3. The fraction of sp³-hybridized carbons (Fsp3) is 0.641. The maximum Gasteiger partial charge on any atom is 0.498 e. The van der Waals surface area contributed by atoms with Crippen LogP contribution in [0.15, 0.2) is 78.1 Å². The molecule has 32 heteroatoms. The summed E-state index contributed by atoms with van der Waals surface area (Å²) in [6, 6.07) is 14.3. The van der Waals surface area contributed by atoms with Crippen molar-refractivity contribution in [2.75, 3.05) is 102 Å². The predicted octanol–water partition coefficient (Wildman–Crippen LogP) is 15.9. The average Bonchev–Trinajstić information content (AvgIpc) is 1.64. The number of fused-ring (bicyclic) bond motifs is 2. The first-order valence-corrected chi connectivity index (χ1v) is 49.4. The quantitative estimate of drug-likeness (QED) is 0.0278. The van der Waals surface area contributed by atoms with Crippen molar-refractivity contribution in [3.8, 4) is 11.1 Å². The van der Waals surface area contributed by atoms with Crippen molar-refractivity contribution in [1.82, 2.24) is 79.5 Å². The highest BCUT2D eigenvalue weighted by atomic mass is 79.9. The van der Waals surface area contributed by atoms with Gasteiger partial charge < -0.3 is 38.1 Å². The van der Waals surface area contributed by atoms with E-state index in [0.717, 1.165) is 159 Å². The van der Waals surface area contributed by atoms with E-state index >= 15 is 0 Å². The van der Waals surface area contributed by atoms with Gasteiger partial charge in [-0.1, -0.05) is 87.6 Å². The Morgan fingerprint density at radius 1 is 0.555 bits per heavy atom. The van der Waals surface area contributed by atoms with Crippen molar-refractivity contribution >= 4 is 123 Å². The third-order valence-electron chi connectivity index (χ3n) is 20.6. The molecule has 0 aromatic carbocycles. The van der Waals surface area contributed by atoms with Gasteiger partial charge in [0.15, 0.2) is 0 Å². The standard InChI is InChI=1S/C36H53N9O3SSi.C21H37BN4O4.C21H28BrN5OSSi/c1-36(2,3)48-35(46)43-18-16-42(17-19-43)14-9-15-44-25-29(24-38-44)28-22-31-30(37-23-28)12-13-32(39-31)45(26-47-20-21-50(4,5)6)34-41-40-33(49-34)27-10-7-8-11-27;1-19(2,3)28-18(27)25-13-11-24(12-14-25)9-8-10-26-16-17(15-23-26)22-29-20(4,5)21(6,7)30-22;1-30(2,3)11-10-28-14-27(21-26-25-20(29-21)15-6-4-5-7-15)19-9-8-17-18(24-19)12-16(22)13-23-17/h12-13,22-25,27H,7-11,14-21,26H2,1-6H3;15-16H,8-14H2,1-7H3;8-9,12-13,15H,4-7,10-11,14H2,1-3H3. The fourth-order valence-electron chi connectivity index (χ4n) is 13.4. The first kappa shape index (κ1) is 84.4. The van der Waals surface area contributed by atoms with E-state index in [4.69, 9.17) is 43.2 Å². The summed E-state index contributed by atoms with van der Waals surface area (Å²) in [6.45, 7) is 45.9. The van der Waals surface area contributed by atoms with E-state index < -0.39 is 27.3 Å². The van der Waals surface area contributed by atoms with Gasteiger partial charge in [0.2, 0.25) is 10.3 Å². The Balaban J connectivity index is 0.000000173. The number of piperazine rings is 2. The Labute approximate surface area is 669 Å². The van der Waals surface area contributed by atoms with Crippen LogP contribution in [0, 0.1) is 0 Å². The summed E-state index contributed by atoms with van der Waals surface area (Å²) in [4.78, 5) is 56.2. The smallest absolute Gasteiger partial charge is 0.444 e. The summed E-state index contributed by atoms with van der Waals surface area (Å²) >= 11 is 6.83. The van der Waals surface area contributed by atoms with Crippen molar-refractivity contribution in [3.05, 3.63) is 88.1 Å². The zero-order valence-electron chi connectivity index (χ0n) is 68.0. The van der Waals surface area contributed by atoms with E-state index in [1.54, 1.807) is 38.7 Å².